The van der Waals surface area contributed by atoms with Gasteiger partial charge in [-0.3, -0.25) is 9.59 Å². The van der Waals surface area contributed by atoms with Gasteiger partial charge < -0.3 is 9.47 Å². The highest BCUT2D eigenvalue weighted by Gasteiger charge is 2.06. The van der Waals surface area contributed by atoms with Crippen molar-refractivity contribution in [3.05, 3.63) is 114 Å². The number of unbranched alkanes of at least 4 members (excludes halogenated alkanes) is 15. The molecule has 0 amide bonds. The second-order valence-corrected chi connectivity index (χ2v) is 13.2. The highest BCUT2D eigenvalue weighted by molar-refractivity contribution is 6.06. The van der Waals surface area contributed by atoms with Gasteiger partial charge in [0.15, 0.2) is 5.78 Å². The first-order valence-corrected chi connectivity index (χ1v) is 18.5. The normalized spacial score (nSPS) is 11.2. The minimum absolute atomic E-state index is 0.199. The van der Waals surface area contributed by atoms with Gasteiger partial charge in [0.05, 0.1) is 6.61 Å². The summed E-state index contributed by atoms with van der Waals surface area (Å²) in [4.78, 5) is 24.4. The minimum atomic E-state index is -0.373. The Morgan fingerprint density at radius 1 is 0.633 bits per heavy atom. The first kappa shape index (κ1) is 39.6. The van der Waals surface area contributed by atoms with Gasteiger partial charge in [-0.25, -0.2) is 4.39 Å². The molecule has 5 heteroatoms. The Labute approximate surface area is 294 Å². The number of ether oxygens (including phenoxy) is 2. The number of halogens is 1. The quantitative estimate of drug-likeness (QED) is 0.0281. The van der Waals surface area contributed by atoms with Crippen LogP contribution in [0.5, 0.6) is 5.75 Å². The molecule has 0 saturated heterocycles. The monoisotopic (exact) mass is 668 g/mol. The molecule has 4 nitrogen and oxygen atoms in total. The van der Waals surface area contributed by atoms with E-state index in [9.17, 15) is 14.0 Å². The summed E-state index contributed by atoms with van der Waals surface area (Å²) in [5.41, 5.74) is 4.76. The molecule has 0 aromatic heterocycles. The molecule has 264 valence electrons. The number of carbonyl (C=O) groups is 2. The van der Waals surface area contributed by atoms with E-state index in [1.807, 2.05) is 6.92 Å². The fourth-order valence-corrected chi connectivity index (χ4v) is 5.74. The number of carbonyl (C=O) groups excluding carboxylic acids is 2. The third-order valence-corrected chi connectivity index (χ3v) is 8.80. The summed E-state index contributed by atoms with van der Waals surface area (Å²) in [5.74, 6) is -0.282. The van der Waals surface area contributed by atoms with Crippen LogP contribution < -0.4 is 4.74 Å². The van der Waals surface area contributed by atoms with E-state index < -0.39 is 0 Å². The molecule has 3 aromatic rings. The molecule has 0 fully saturated rings. The standard InChI is InChI=1S/C44H57FO4/c1-36(2)39-25-20-38(21-26-39)35-48-34-18-16-14-12-10-8-6-4-3-5-7-9-11-13-15-17-19-44(47)49-42-31-22-37(23-32-42)24-33-43(46)40-27-29-41(45)30-28-40/h20-33H,1,3-19,34-35H2,2H3. The summed E-state index contributed by atoms with van der Waals surface area (Å²) in [7, 11) is 0. The summed E-state index contributed by atoms with van der Waals surface area (Å²) in [6, 6.07) is 21.0. The van der Waals surface area contributed by atoms with Crippen molar-refractivity contribution in [1.82, 2.24) is 0 Å². The van der Waals surface area contributed by atoms with Gasteiger partial charge in [-0.15, -0.1) is 0 Å². The molecule has 0 heterocycles. The Hall–Kier alpha value is -3.83. The molecule has 0 aliphatic rings. The van der Waals surface area contributed by atoms with Crippen molar-refractivity contribution < 1.29 is 23.5 Å². The highest BCUT2D eigenvalue weighted by atomic mass is 19.1. The number of benzene rings is 3. The van der Waals surface area contributed by atoms with Crippen LogP contribution >= 0.6 is 0 Å². The van der Waals surface area contributed by atoms with E-state index >= 15 is 0 Å². The smallest absolute Gasteiger partial charge is 0.311 e. The molecular formula is C44H57FO4. The van der Waals surface area contributed by atoms with Crippen LogP contribution in [-0.2, 0) is 16.1 Å². The molecule has 0 aliphatic carbocycles. The summed E-state index contributed by atoms with van der Waals surface area (Å²) < 4.78 is 24.3. The molecule has 0 N–H and O–H groups in total. The SMILES string of the molecule is C=C(C)c1ccc(COCCCCCCCCCCCCCCCCCCC(=O)Oc2ccc(C=CC(=O)c3ccc(F)cc3)cc2)cc1. The fourth-order valence-electron chi connectivity index (χ4n) is 5.74. The van der Waals surface area contributed by atoms with Crippen molar-refractivity contribution in [2.45, 2.75) is 123 Å². The number of hydrogen-bond donors (Lipinski definition) is 0. The maximum atomic E-state index is 13.0. The predicted molar refractivity (Wildman–Crippen MR) is 201 cm³/mol. The van der Waals surface area contributed by atoms with Gasteiger partial charge in [0.25, 0.3) is 0 Å². The minimum Gasteiger partial charge on any atom is -0.427 e. The number of ketones is 1. The molecule has 0 spiro atoms. The Balaban J connectivity index is 1.05. The summed E-state index contributed by atoms with van der Waals surface area (Å²) in [5, 5.41) is 0. The summed E-state index contributed by atoms with van der Waals surface area (Å²) in [6.45, 7) is 7.56. The number of hydrogen-bond acceptors (Lipinski definition) is 4. The van der Waals surface area contributed by atoms with Gasteiger partial charge in [-0.2, -0.15) is 0 Å². The van der Waals surface area contributed by atoms with Crippen LogP contribution in [0.2, 0.25) is 0 Å². The lowest BCUT2D eigenvalue weighted by Gasteiger charge is -2.06. The lowest BCUT2D eigenvalue weighted by Crippen LogP contribution is -2.07. The molecule has 0 unspecified atom stereocenters. The Morgan fingerprint density at radius 3 is 1.65 bits per heavy atom. The van der Waals surface area contributed by atoms with Crippen molar-refractivity contribution in [2.75, 3.05) is 6.61 Å². The zero-order valence-electron chi connectivity index (χ0n) is 29.7. The fraction of sp³-hybridized carbons (Fsp3) is 0.455. The van der Waals surface area contributed by atoms with Gasteiger partial charge in [0.1, 0.15) is 11.6 Å². The van der Waals surface area contributed by atoms with E-state index in [1.165, 1.54) is 125 Å². The van der Waals surface area contributed by atoms with E-state index in [0.717, 1.165) is 37.0 Å². The molecular weight excluding hydrogens is 611 g/mol. The van der Waals surface area contributed by atoms with Crippen LogP contribution in [0.4, 0.5) is 4.39 Å². The molecule has 3 aromatic carbocycles. The summed E-state index contributed by atoms with van der Waals surface area (Å²) >= 11 is 0. The van der Waals surface area contributed by atoms with Crippen LogP contribution in [0.25, 0.3) is 11.6 Å². The van der Waals surface area contributed by atoms with Crippen LogP contribution in [0.1, 0.15) is 143 Å². The average molecular weight is 669 g/mol. The molecule has 0 atom stereocenters. The van der Waals surface area contributed by atoms with Gasteiger partial charge in [0.2, 0.25) is 0 Å². The van der Waals surface area contributed by atoms with Gasteiger partial charge >= 0.3 is 5.97 Å². The van der Waals surface area contributed by atoms with Crippen molar-refractivity contribution in [3.8, 4) is 5.75 Å². The van der Waals surface area contributed by atoms with E-state index in [4.69, 9.17) is 9.47 Å². The molecule has 0 radical (unpaired) electrons. The van der Waals surface area contributed by atoms with Gasteiger partial charge in [0, 0.05) is 18.6 Å². The van der Waals surface area contributed by atoms with E-state index in [1.54, 1.807) is 30.3 Å². The van der Waals surface area contributed by atoms with Crippen LogP contribution in [0, 0.1) is 5.82 Å². The number of rotatable bonds is 26. The second-order valence-electron chi connectivity index (χ2n) is 13.2. The lowest BCUT2D eigenvalue weighted by atomic mass is 10.0. The largest absolute Gasteiger partial charge is 0.427 e. The third kappa shape index (κ3) is 17.9. The van der Waals surface area contributed by atoms with E-state index in [0.29, 0.717) is 24.3 Å². The van der Waals surface area contributed by atoms with E-state index in [2.05, 4.69) is 30.8 Å². The highest BCUT2D eigenvalue weighted by Crippen LogP contribution is 2.18. The summed E-state index contributed by atoms with van der Waals surface area (Å²) in [6.07, 6.45) is 23.7. The number of allylic oxidation sites excluding steroid dienone is 2. The van der Waals surface area contributed by atoms with Gasteiger partial charge in [-0.05, 0) is 78.9 Å². The van der Waals surface area contributed by atoms with Crippen LogP contribution in [-0.4, -0.2) is 18.4 Å². The van der Waals surface area contributed by atoms with Crippen LogP contribution in [0.3, 0.4) is 0 Å². The molecule has 0 aliphatic heterocycles. The van der Waals surface area contributed by atoms with Crippen molar-refractivity contribution in [2.24, 2.45) is 0 Å². The maximum Gasteiger partial charge on any atom is 0.311 e. The van der Waals surface area contributed by atoms with Crippen molar-refractivity contribution in [3.63, 3.8) is 0 Å². The topological polar surface area (TPSA) is 52.6 Å². The van der Waals surface area contributed by atoms with Crippen LogP contribution in [0.15, 0.2) is 85.5 Å². The second kappa shape index (κ2) is 24.3. The third-order valence-electron chi connectivity index (χ3n) is 8.80. The molecule has 0 saturated carbocycles. The van der Waals surface area contributed by atoms with Gasteiger partial charge in [-0.1, -0.05) is 145 Å². The Morgan fingerprint density at radius 2 is 1.12 bits per heavy atom. The Kier molecular flexibility index (Phi) is 19.7. The zero-order valence-corrected chi connectivity index (χ0v) is 29.7. The first-order valence-electron chi connectivity index (χ1n) is 18.5. The first-order chi connectivity index (χ1) is 23.9. The molecule has 3 rings (SSSR count). The molecule has 0 bridgehead atoms. The molecule has 49 heavy (non-hydrogen) atoms. The number of esters is 1. The predicted octanol–water partition coefficient (Wildman–Crippen LogP) is 12.5. The lowest BCUT2D eigenvalue weighted by molar-refractivity contribution is -0.134. The van der Waals surface area contributed by atoms with Crippen molar-refractivity contribution in [1.29, 1.82) is 0 Å². The maximum absolute atomic E-state index is 13.0. The zero-order chi connectivity index (χ0) is 34.9. The van der Waals surface area contributed by atoms with Crippen molar-refractivity contribution >= 4 is 23.4 Å². The van der Waals surface area contributed by atoms with E-state index in [-0.39, 0.29) is 17.6 Å². The average Bonchev–Trinajstić information content (AvgIpc) is 3.10. The Bertz CT molecular complexity index is 1390.